The third kappa shape index (κ3) is 3.75. The molecule has 0 saturated heterocycles. The summed E-state index contributed by atoms with van der Waals surface area (Å²) in [6.07, 6.45) is 3.65. The van der Waals surface area contributed by atoms with E-state index < -0.39 is 0 Å². The first kappa shape index (κ1) is 14.0. The Morgan fingerprint density at radius 1 is 1.37 bits per heavy atom. The predicted octanol–water partition coefficient (Wildman–Crippen LogP) is 2.67. The van der Waals surface area contributed by atoms with Crippen molar-refractivity contribution in [3.63, 3.8) is 0 Å². The van der Waals surface area contributed by atoms with Gasteiger partial charge in [0.25, 0.3) is 0 Å². The molecule has 2 aromatic rings. The molecular formula is C14H20N4S. The molecule has 2 aromatic heterocycles. The van der Waals surface area contributed by atoms with E-state index in [-0.39, 0.29) is 0 Å². The molecule has 2 heterocycles. The molecular weight excluding hydrogens is 256 g/mol. The fourth-order valence-electron chi connectivity index (χ4n) is 1.90. The summed E-state index contributed by atoms with van der Waals surface area (Å²) in [6.45, 7) is 5.98. The molecule has 19 heavy (non-hydrogen) atoms. The summed E-state index contributed by atoms with van der Waals surface area (Å²) in [5.74, 6) is 0.941. The van der Waals surface area contributed by atoms with Crippen LogP contribution in [0.4, 0.5) is 5.82 Å². The van der Waals surface area contributed by atoms with Gasteiger partial charge in [0.2, 0.25) is 0 Å². The van der Waals surface area contributed by atoms with Crippen molar-refractivity contribution >= 4 is 17.2 Å². The standard InChI is InChI=1S/C14H20N4S/c1-11(2)18(10-13-5-4-6-19-13)14-9-16-8-12(17-14)7-15-3/h4-6,8-9,11,15H,7,10H2,1-3H3. The maximum atomic E-state index is 4.67. The molecule has 0 aromatic carbocycles. The number of anilines is 1. The Morgan fingerprint density at radius 3 is 2.84 bits per heavy atom. The molecule has 0 saturated carbocycles. The van der Waals surface area contributed by atoms with Gasteiger partial charge in [-0.3, -0.25) is 4.98 Å². The highest BCUT2D eigenvalue weighted by molar-refractivity contribution is 7.09. The molecule has 0 aliphatic heterocycles. The van der Waals surface area contributed by atoms with E-state index in [9.17, 15) is 0 Å². The first-order chi connectivity index (χ1) is 9.20. The smallest absolute Gasteiger partial charge is 0.148 e. The van der Waals surface area contributed by atoms with Crippen molar-refractivity contribution in [3.05, 3.63) is 40.5 Å². The van der Waals surface area contributed by atoms with Crippen LogP contribution in [0.15, 0.2) is 29.9 Å². The van der Waals surface area contributed by atoms with E-state index in [2.05, 4.69) is 51.5 Å². The predicted molar refractivity (Wildman–Crippen MR) is 80.4 cm³/mol. The Bertz CT molecular complexity index is 496. The van der Waals surface area contributed by atoms with Gasteiger partial charge in [-0.2, -0.15) is 0 Å². The molecule has 4 nitrogen and oxygen atoms in total. The van der Waals surface area contributed by atoms with Gasteiger partial charge in [-0.05, 0) is 32.3 Å². The summed E-state index contributed by atoms with van der Waals surface area (Å²) in [5.41, 5.74) is 0.969. The second-order valence-corrected chi connectivity index (χ2v) is 5.73. The second-order valence-electron chi connectivity index (χ2n) is 4.70. The Hall–Kier alpha value is -1.46. The summed E-state index contributed by atoms with van der Waals surface area (Å²) in [6, 6.07) is 4.63. The largest absolute Gasteiger partial charge is 0.348 e. The van der Waals surface area contributed by atoms with Gasteiger partial charge in [-0.25, -0.2) is 4.98 Å². The lowest BCUT2D eigenvalue weighted by Gasteiger charge is -2.27. The first-order valence-corrected chi connectivity index (χ1v) is 7.33. The Labute approximate surface area is 118 Å². The summed E-state index contributed by atoms with van der Waals surface area (Å²) in [4.78, 5) is 12.6. The molecule has 0 aliphatic rings. The van der Waals surface area contributed by atoms with Crippen LogP contribution in [0, 0.1) is 0 Å². The molecule has 0 radical (unpaired) electrons. The van der Waals surface area contributed by atoms with Crippen molar-refractivity contribution in [2.75, 3.05) is 11.9 Å². The second kappa shape index (κ2) is 6.63. The fraction of sp³-hybridized carbons (Fsp3) is 0.429. The normalized spacial score (nSPS) is 10.9. The molecule has 5 heteroatoms. The first-order valence-electron chi connectivity index (χ1n) is 6.45. The lowest BCUT2D eigenvalue weighted by molar-refractivity contribution is 0.668. The Balaban J connectivity index is 2.20. The zero-order chi connectivity index (χ0) is 13.7. The topological polar surface area (TPSA) is 41.1 Å². The summed E-state index contributed by atoms with van der Waals surface area (Å²) < 4.78 is 0. The van der Waals surface area contributed by atoms with E-state index >= 15 is 0 Å². The lowest BCUT2D eigenvalue weighted by atomic mass is 10.3. The monoisotopic (exact) mass is 276 g/mol. The minimum Gasteiger partial charge on any atom is -0.348 e. The maximum Gasteiger partial charge on any atom is 0.148 e. The molecule has 0 fully saturated rings. The van der Waals surface area contributed by atoms with Gasteiger partial charge in [-0.1, -0.05) is 6.07 Å². The van der Waals surface area contributed by atoms with Gasteiger partial charge in [0.1, 0.15) is 5.82 Å². The zero-order valence-electron chi connectivity index (χ0n) is 11.6. The zero-order valence-corrected chi connectivity index (χ0v) is 12.4. The van der Waals surface area contributed by atoms with Crippen molar-refractivity contribution in [3.8, 4) is 0 Å². The van der Waals surface area contributed by atoms with Gasteiger partial charge in [0.05, 0.1) is 18.4 Å². The average molecular weight is 276 g/mol. The third-order valence-electron chi connectivity index (χ3n) is 2.85. The summed E-state index contributed by atoms with van der Waals surface area (Å²) in [7, 11) is 1.92. The van der Waals surface area contributed by atoms with Crippen molar-refractivity contribution in [2.24, 2.45) is 0 Å². The lowest BCUT2D eigenvalue weighted by Crippen LogP contribution is -2.31. The van der Waals surface area contributed by atoms with Crippen LogP contribution in [0.25, 0.3) is 0 Å². The summed E-state index contributed by atoms with van der Waals surface area (Å²) in [5, 5.41) is 5.21. The SMILES string of the molecule is CNCc1cncc(N(Cc2cccs2)C(C)C)n1. The van der Waals surface area contributed by atoms with E-state index in [1.165, 1.54) is 4.88 Å². The van der Waals surface area contributed by atoms with Crippen LogP contribution in [0.1, 0.15) is 24.4 Å². The number of nitrogens with one attached hydrogen (secondary N) is 1. The molecule has 0 unspecified atom stereocenters. The summed E-state index contributed by atoms with van der Waals surface area (Å²) >= 11 is 1.78. The van der Waals surface area contributed by atoms with Crippen LogP contribution in [0.3, 0.4) is 0 Å². The molecule has 102 valence electrons. The maximum absolute atomic E-state index is 4.67. The van der Waals surface area contributed by atoms with Crippen molar-refractivity contribution in [1.82, 2.24) is 15.3 Å². The highest BCUT2D eigenvalue weighted by Crippen LogP contribution is 2.19. The van der Waals surface area contributed by atoms with Crippen LogP contribution in [-0.2, 0) is 13.1 Å². The van der Waals surface area contributed by atoms with Gasteiger partial charge < -0.3 is 10.2 Å². The number of aromatic nitrogens is 2. The van der Waals surface area contributed by atoms with Gasteiger partial charge in [0, 0.05) is 23.7 Å². The van der Waals surface area contributed by atoms with E-state index in [1.807, 2.05) is 19.4 Å². The molecule has 0 spiro atoms. The van der Waals surface area contributed by atoms with Crippen molar-refractivity contribution in [1.29, 1.82) is 0 Å². The van der Waals surface area contributed by atoms with Gasteiger partial charge in [-0.15, -0.1) is 11.3 Å². The quantitative estimate of drug-likeness (QED) is 0.880. The van der Waals surface area contributed by atoms with Gasteiger partial charge >= 0.3 is 0 Å². The molecule has 2 rings (SSSR count). The number of nitrogens with zero attached hydrogens (tertiary/aromatic N) is 3. The van der Waals surface area contributed by atoms with Crippen LogP contribution >= 0.6 is 11.3 Å². The van der Waals surface area contributed by atoms with E-state index in [0.717, 1.165) is 24.6 Å². The van der Waals surface area contributed by atoms with Crippen LogP contribution in [-0.4, -0.2) is 23.1 Å². The molecule has 0 aliphatic carbocycles. The minimum atomic E-state index is 0.390. The molecule has 0 bridgehead atoms. The van der Waals surface area contributed by atoms with Crippen LogP contribution < -0.4 is 10.2 Å². The van der Waals surface area contributed by atoms with Crippen LogP contribution in [0.5, 0.6) is 0 Å². The number of rotatable bonds is 6. The highest BCUT2D eigenvalue weighted by atomic mass is 32.1. The van der Waals surface area contributed by atoms with E-state index in [4.69, 9.17) is 0 Å². The Morgan fingerprint density at radius 2 is 2.21 bits per heavy atom. The molecule has 1 N–H and O–H groups in total. The van der Waals surface area contributed by atoms with Gasteiger partial charge in [0.15, 0.2) is 0 Å². The van der Waals surface area contributed by atoms with E-state index in [1.54, 1.807) is 11.3 Å². The third-order valence-corrected chi connectivity index (χ3v) is 3.71. The van der Waals surface area contributed by atoms with Crippen LogP contribution in [0.2, 0.25) is 0 Å². The number of hydrogen-bond acceptors (Lipinski definition) is 5. The van der Waals surface area contributed by atoms with E-state index in [0.29, 0.717) is 6.04 Å². The van der Waals surface area contributed by atoms with Crippen molar-refractivity contribution in [2.45, 2.75) is 33.0 Å². The number of hydrogen-bond donors (Lipinski definition) is 1. The molecule has 0 atom stereocenters. The fourth-order valence-corrected chi connectivity index (χ4v) is 2.60. The minimum absolute atomic E-state index is 0.390. The van der Waals surface area contributed by atoms with Crippen molar-refractivity contribution < 1.29 is 0 Å². The number of thiophene rings is 1. The molecule has 0 amide bonds. The Kier molecular flexibility index (Phi) is 4.87. The average Bonchev–Trinajstić information content (AvgIpc) is 2.89. The highest BCUT2D eigenvalue weighted by Gasteiger charge is 2.14.